The predicted molar refractivity (Wildman–Crippen MR) is 122 cm³/mol. The second-order valence-electron chi connectivity index (χ2n) is 7.79. The maximum Gasteiger partial charge on any atom is 0.308 e. The zero-order chi connectivity index (χ0) is 22.2. The molecule has 164 valence electrons. The number of nitrogens with one attached hydrogen (secondary N) is 1. The second kappa shape index (κ2) is 11.1. The van der Waals surface area contributed by atoms with Gasteiger partial charge in [-0.15, -0.1) is 0 Å². The van der Waals surface area contributed by atoms with Gasteiger partial charge >= 0.3 is 5.97 Å². The van der Waals surface area contributed by atoms with Gasteiger partial charge in [0.2, 0.25) is 5.91 Å². The highest BCUT2D eigenvalue weighted by atomic mass is 79.9. The maximum atomic E-state index is 12.8. The summed E-state index contributed by atoms with van der Waals surface area (Å²) in [6, 6.07) is 14.7. The first-order valence-corrected chi connectivity index (χ1v) is 11.3. The van der Waals surface area contributed by atoms with E-state index in [4.69, 9.17) is 4.74 Å². The van der Waals surface area contributed by atoms with Gasteiger partial charge in [0.15, 0.2) is 0 Å². The summed E-state index contributed by atoms with van der Waals surface area (Å²) < 4.78 is 6.10. The molecule has 0 aromatic heterocycles. The molecule has 0 saturated carbocycles. The van der Waals surface area contributed by atoms with Crippen LogP contribution in [0.3, 0.4) is 0 Å². The van der Waals surface area contributed by atoms with Crippen molar-refractivity contribution in [1.29, 1.82) is 0 Å². The van der Waals surface area contributed by atoms with Crippen molar-refractivity contribution in [2.75, 3.05) is 19.6 Å². The lowest BCUT2D eigenvalue weighted by Gasteiger charge is -2.32. The first kappa shape index (κ1) is 23.0. The van der Waals surface area contributed by atoms with Gasteiger partial charge in [-0.3, -0.25) is 14.4 Å². The number of carbonyl (C=O) groups is 3. The molecule has 2 aromatic carbocycles. The lowest BCUT2D eigenvalue weighted by atomic mass is 9.96. The monoisotopic (exact) mass is 486 g/mol. The number of piperidine rings is 1. The molecular formula is C24H27BrN2O4. The number of esters is 1. The van der Waals surface area contributed by atoms with E-state index in [1.54, 1.807) is 24.3 Å². The van der Waals surface area contributed by atoms with Crippen molar-refractivity contribution in [3.8, 4) is 5.75 Å². The normalized spacial score (nSPS) is 14.2. The van der Waals surface area contributed by atoms with Crippen LogP contribution in [0.25, 0.3) is 0 Å². The zero-order valence-electron chi connectivity index (χ0n) is 17.6. The number of benzene rings is 2. The molecular weight excluding hydrogens is 460 g/mol. The molecule has 0 radical (unpaired) electrons. The molecule has 1 fully saturated rings. The Morgan fingerprint density at radius 1 is 1.10 bits per heavy atom. The number of nitrogens with zero attached hydrogens (tertiary/aromatic N) is 1. The highest BCUT2D eigenvalue weighted by molar-refractivity contribution is 9.10. The van der Waals surface area contributed by atoms with Crippen LogP contribution in [0, 0.1) is 5.92 Å². The highest BCUT2D eigenvalue weighted by Gasteiger charge is 2.24. The number of hydrogen-bond donors (Lipinski definition) is 1. The van der Waals surface area contributed by atoms with Gasteiger partial charge in [0.25, 0.3) is 5.91 Å². The molecule has 1 N–H and O–H groups in total. The smallest absolute Gasteiger partial charge is 0.308 e. The summed E-state index contributed by atoms with van der Waals surface area (Å²) in [7, 11) is 0. The van der Waals surface area contributed by atoms with Crippen LogP contribution in [0.2, 0.25) is 0 Å². The molecule has 0 spiro atoms. The number of hydrogen-bond acceptors (Lipinski definition) is 4. The first-order valence-electron chi connectivity index (χ1n) is 10.5. The number of aryl methyl sites for hydroxylation is 1. The topological polar surface area (TPSA) is 75.7 Å². The molecule has 0 atom stereocenters. The van der Waals surface area contributed by atoms with Crippen molar-refractivity contribution in [3.05, 3.63) is 64.1 Å². The van der Waals surface area contributed by atoms with Crippen LogP contribution in [0.4, 0.5) is 0 Å². The molecule has 2 amide bonds. The van der Waals surface area contributed by atoms with E-state index in [-0.39, 0.29) is 11.8 Å². The van der Waals surface area contributed by atoms with E-state index in [9.17, 15) is 14.4 Å². The van der Waals surface area contributed by atoms with Crippen LogP contribution >= 0.6 is 15.9 Å². The summed E-state index contributed by atoms with van der Waals surface area (Å²) >= 11 is 3.41. The SMILES string of the molecule is CC(=O)Oc1cccc(C(=O)N2CCC(CNC(=O)CCc3ccc(Br)cc3)CC2)c1. The number of ether oxygens (including phenoxy) is 1. The Morgan fingerprint density at radius 3 is 2.48 bits per heavy atom. The third-order valence-electron chi connectivity index (χ3n) is 5.39. The fraction of sp³-hybridized carbons (Fsp3) is 0.375. The van der Waals surface area contributed by atoms with E-state index >= 15 is 0 Å². The molecule has 0 aliphatic carbocycles. The summed E-state index contributed by atoms with van der Waals surface area (Å²) in [6.07, 6.45) is 2.89. The lowest BCUT2D eigenvalue weighted by Crippen LogP contribution is -2.41. The molecule has 6 nitrogen and oxygen atoms in total. The second-order valence-corrected chi connectivity index (χ2v) is 8.70. The first-order chi connectivity index (χ1) is 14.9. The summed E-state index contributed by atoms with van der Waals surface area (Å²) in [5.74, 6) is 0.325. The van der Waals surface area contributed by atoms with E-state index in [1.165, 1.54) is 6.92 Å². The van der Waals surface area contributed by atoms with Crippen LogP contribution < -0.4 is 10.1 Å². The minimum atomic E-state index is -0.413. The van der Waals surface area contributed by atoms with Crippen LogP contribution in [-0.2, 0) is 16.0 Å². The van der Waals surface area contributed by atoms with E-state index in [0.717, 1.165) is 29.3 Å². The Bertz CT molecular complexity index is 921. The summed E-state index contributed by atoms with van der Waals surface area (Å²) in [5, 5.41) is 3.04. The van der Waals surface area contributed by atoms with Crippen LogP contribution in [0.15, 0.2) is 53.0 Å². The predicted octanol–water partition coefficient (Wildman–Crippen LogP) is 3.98. The number of rotatable bonds is 7. The van der Waals surface area contributed by atoms with Crippen molar-refractivity contribution in [3.63, 3.8) is 0 Å². The van der Waals surface area contributed by atoms with Gasteiger partial charge in [-0.2, -0.15) is 0 Å². The fourth-order valence-electron chi connectivity index (χ4n) is 3.64. The van der Waals surface area contributed by atoms with Gasteiger partial charge in [-0.25, -0.2) is 0 Å². The Hall–Kier alpha value is -2.67. The molecule has 1 heterocycles. The van der Waals surface area contributed by atoms with Gasteiger partial charge in [-0.05, 0) is 61.1 Å². The zero-order valence-corrected chi connectivity index (χ0v) is 19.2. The van der Waals surface area contributed by atoms with Gasteiger partial charge in [0.05, 0.1) is 0 Å². The van der Waals surface area contributed by atoms with Crippen molar-refractivity contribution in [2.24, 2.45) is 5.92 Å². The lowest BCUT2D eigenvalue weighted by molar-refractivity contribution is -0.131. The van der Waals surface area contributed by atoms with Crippen molar-refractivity contribution >= 4 is 33.7 Å². The van der Waals surface area contributed by atoms with E-state index in [0.29, 0.717) is 43.3 Å². The van der Waals surface area contributed by atoms with Crippen LogP contribution in [0.5, 0.6) is 5.75 Å². The van der Waals surface area contributed by atoms with Gasteiger partial charge in [0.1, 0.15) is 5.75 Å². The molecule has 1 saturated heterocycles. The fourth-order valence-corrected chi connectivity index (χ4v) is 3.90. The quantitative estimate of drug-likeness (QED) is 0.474. The van der Waals surface area contributed by atoms with E-state index < -0.39 is 5.97 Å². The average Bonchev–Trinajstić information content (AvgIpc) is 2.77. The molecule has 1 aliphatic rings. The largest absolute Gasteiger partial charge is 0.427 e. The third kappa shape index (κ3) is 7.21. The maximum absolute atomic E-state index is 12.8. The summed E-state index contributed by atoms with van der Waals surface area (Å²) in [4.78, 5) is 37.9. The average molecular weight is 487 g/mol. The Kier molecular flexibility index (Phi) is 8.23. The standard InChI is InChI=1S/C24H27BrN2O4/c1-17(28)31-22-4-2-3-20(15-22)24(30)27-13-11-19(12-14-27)16-26-23(29)10-7-18-5-8-21(25)9-6-18/h2-6,8-9,15,19H,7,10-14,16H2,1H3,(H,26,29). The van der Waals surface area contributed by atoms with Crippen molar-refractivity contribution in [1.82, 2.24) is 10.2 Å². The van der Waals surface area contributed by atoms with Gasteiger partial charge in [0, 0.05) is 43.0 Å². The summed E-state index contributed by atoms with van der Waals surface area (Å²) in [6.45, 7) is 3.27. The third-order valence-corrected chi connectivity index (χ3v) is 5.91. The highest BCUT2D eigenvalue weighted by Crippen LogP contribution is 2.21. The minimum absolute atomic E-state index is 0.0590. The number of halogens is 1. The van der Waals surface area contributed by atoms with Crippen LogP contribution in [-0.4, -0.2) is 42.3 Å². The van der Waals surface area contributed by atoms with E-state index in [1.807, 2.05) is 29.2 Å². The van der Waals surface area contributed by atoms with Gasteiger partial charge < -0.3 is 15.0 Å². The van der Waals surface area contributed by atoms with Crippen LogP contribution in [0.1, 0.15) is 42.1 Å². The van der Waals surface area contributed by atoms with Crippen molar-refractivity contribution < 1.29 is 19.1 Å². The van der Waals surface area contributed by atoms with E-state index in [2.05, 4.69) is 21.2 Å². The Labute approximate surface area is 191 Å². The Balaban J connectivity index is 1.40. The molecule has 7 heteroatoms. The molecule has 0 bridgehead atoms. The molecule has 1 aliphatic heterocycles. The van der Waals surface area contributed by atoms with Gasteiger partial charge in [-0.1, -0.05) is 34.1 Å². The van der Waals surface area contributed by atoms with Crippen molar-refractivity contribution in [2.45, 2.75) is 32.6 Å². The molecule has 0 unspecified atom stereocenters. The number of carbonyl (C=O) groups excluding carboxylic acids is 3. The molecule has 31 heavy (non-hydrogen) atoms. The molecule has 2 aromatic rings. The molecule has 3 rings (SSSR count). The Morgan fingerprint density at radius 2 is 1.81 bits per heavy atom. The summed E-state index contributed by atoms with van der Waals surface area (Å²) in [5.41, 5.74) is 1.65. The number of amides is 2. The number of likely N-dealkylation sites (tertiary alicyclic amines) is 1. The minimum Gasteiger partial charge on any atom is -0.427 e.